The minimum absolute atomic E-state index is 0.118. The number of amides is 1. The van der Waals surface area contributed by atoms with Crippen molar-refractivity contribution in [3.8, 4) is 0 Å². The molecule has 0 spiro atoms. The molecule has 1 aliphatic rings. The van der Waals surface area contributed by atoms with Crippen LogP contribution in [0.3, 0.4) is 0 Å². The first kappa shape index (κ1) is 17.0. The largest absolute Gasteiger partial charge is 0.380 e. The van der Waals surface area contributed by atoms with Crippen molar-refractivity contribution in [1.82, 2.24) is 0 Å². The van der Waals surface area contributed by atoms with Crippen LogP contribution >= 0.6 is 15.9 Å². The highest BCUT2D eigenvalue weighted by Crippen LogP contribution is 2.24. The Bertz CT molecular complexity index is 703. The van der Waals surface area contributed by atoms with Crippen molar-refractivity contribution in [2.24, 2.45) is 0 Å². The lowest BCUT2D eigenvalue weighted by Crippen LogP contribution is -2.39. The SMILES string of the molecule is CO[C@@H]1CCCN(c2ccc(NC(=O)c3ccccc3Br)cc2)C1. The summed E-state index contributed by atoms with van der Waals surface area (Å²) in [5.41, 5.74) is 2.58. The molecule has 4 nitrogen and oxygen atoms in total. The van der Waals surface area contributed by atoms with E-state index in [4.69, 9.17) is 4.74 Å². The van der Waals surface area contributed by atoms with E-state index in [0.29, 0.717) is 11.7 Å². The molecule has 0 aliphatic carbocycles. The van der Waals surface area contributed by atoms with Gasteiger partial charge in [-0.25, -0.2) is 0 Å². The van der Waals surface area contributed by atoms with E-state index in [1.165, 1.54) is 0 Å². The van der Waals surface area contributed by atoms with Crippen LogP contribution in [-0.4, -0.2) is 32.2 Å². The van der Waals surface area contributed by atoms with Gasteiger partial charge in [0.1, 0.15) is 0 Å². The van der Waals surface area contributed by atoms with Crippen molar-refractivity contribution in [3.63, 3.8) is 0 Å². The monoisotopic (exact) mass is 388 g/mol. The number of hydrogen-bond acceptors (Lipinski definition) is 3. The second kappa shape index (κ2) is 7.81. The average Bonchev–Trinajstić information content (AvgIpc) is 2.62. The van der Waals surface area contributed by atoms with Crippen molar-refractivity contribution >= 4 is 33.2 Å². The van der Waals surface area contributed by atoms with Gasteiger partial charge in [-0.3, -0.25) is 4.79 Å². The predicted octanol–water partition coefficient (Wildman–Crippen LogP) is 4.32. The smallest absolute Gasteiger partial charge is 0.256 e. The zero-order valence-corrected chi connectivity index (χ0v) is 15.3. The molecule has 1 atom stereocenters. The molecule has 0 saturated carbocycles. The summed E-state index contributed by atoms with van der Waals surface area (Å²) in [6, 6.07) is 15.4. The normalized spacial score (nSPS) is 17.6. The summed E-state index contributed by atoms with van der Waals surface area (Å²) in [5, 5.41) is 2.94. The van der Waals surface area contributed by atoms with Crippen molar-refractivity contribution in [2.75, 3.05) is 30.4 Å². The lowest BCUT2D eigenvalue weighted by Gasteiger charge is -2.33. The molecule has 2 aromatic rings. The molecule has 1 heterocycles. The fraction of sp³-hybridized carbons (Fsp3) is 0.316. The van der Waals surface area contributed by atoms with Crippen LogP contribution in [-0.2, 0) is 4.74 Å². The summed E-state index contributed by atoms with van der Waals surface area (Å²) in [4.78, 5) is 14.7. The molecule has 2 aromatic carbocycles. The topological polar surface area (TPSA) is 41.6 Å². The van der Waals surface area contributed by atoms with E-state index in [1.807, 2.05) is 42.5 Å². The second-order valence-corrected chi connectivity index (χ2v) is 6.78. The van der Waals surface area contributed by atoms with Gasteiger partial charge in [-0.2, -0.15) is 0 Å². The number of ether oxygens (including phenoxy) is 1. The van der Waals surface area contributed by atoms with Crippen LogP contribution in [0.5, 0.6) is 0 Å². The number of piperidine rings is 1. The summed E-state index contributed by atoms with van der Waals surface area (Å²) >= 11 is 3.41. The van der Waals surface area contributed by atoms with E-state index >= 15 is 0 Å². The standard InChI is InChI=1S/C19H21BrN2O2/c1-24-16-5-4-12-22(13-16)15-10-8-14(9-11-15)21-19(23)17-6-2-3-7-18(17)20/h2-3,6-11,16H,4-5,12-13H2,1H3,(H,21,23)/t16-/m1/s1. The Kier molecular flexibility index (Phi) is 5.53. The zero-order chi connectivity index (χ0) is 16.9. The van der Waals surface area contributed by atoms with E-state index < -0.39 is 0 Å². The Morgan fingerprint density at radius 2 is 1.96 bits per heavy atom. The molecule has 1 fully saturated rings. The highest BCUT2D eigenvalue weighted by molar-refractivity contribution is 9.10. The molecule has 1 amide bonds. The predicted molar refractivity (Wildman–Crippen MR) is 101 cm³/mol. The number of rotatable bonds is 4. The third kappa shape index (κ3) is 3.97. The third-order valence-electron chi connectivity index (χ3n) is 4.32. The van der Waals surface area contributed by atoms with Gasteiger partial charge in [0.25, 0.3) is 5.91 Å². The van der Waals surface area contributed by atoms with E-state index in [0.717, 1.165) is 41.8 Å². The molecule has 1 saturated heterocycles. The fourth-order valence-corrected chi connectivity index (χ4v) is 3.43. The van der Waals surface area contributed by atoms with Crippen LogP contribution < -0.4 is 10.2 Å². The van der Waals surface area contributed by atoms with Gasteiger partial charge in [0.05, 0.1) is 11.7 Å². The fourth-order valence-electron chi connectivity index (χ4n) is 2.96. The van der Waals surface area contributed by atoms with Gasteiger partial charge in [-0.05, 0) is 65.2 Å². The number of anilines is 2. The molecular formula is C19H21BrN2O2. The molecule has 1 N–H and O–H groups in total. The highest BCUT2D eigenvalue weighted by Gasteiger charge is 2.19. The maximum absolute atomic E-state index is 12.3. The number of carbonyl (C=O) groups is 1. The Labute approximate surface area is 150 Å². The van der Waals surface area contributed by atoms with E-state index in [2.05, 4.69) is 26.1 Å². The van der Waals surface area contributed by atoms with Crippen LogP contribution in [0.4, 0.5) is 11.4 Å². The number of nitrogens with one attached hydrogen (secondary N) is 1. The van der Waals surface area contributed by atoms with E-state index in [1.54, 1.807) is 13.2 Å². The van der Waals surface area contributed by atoms with Crippen LogP contribution in [0.2, 0.25) is 0 Å². The molecule has 0 unspecified atom stereocenters. The number of carbonyl (C=O) groups excluding carboxylic acids is 1. The highest BCUT2D eigenvalue weighted by atomic mass is 79.9. The summed E-state index contributed by atoms with van der Waals surface area (Å²) in [7, 11) is 1.77. The number of halogens is 1. The van der Waals surface area contributed by atoms with Crippen LogP contribution in [0, 0.1) is 0 Å². The molecule has 24 heavy (non-hydrogen) atoms. The van der Waals surface area contributed by atoms with Crippen molar-refractivity contribution in [2.45, 2.75) is 18.9 Å². The number of nitrogens with zero attached hydrogens (tertiary/aromatic N) is 1. The zero-order valence-electron chi connectivity index (χ0n) is 13.7. The van der Waals surface area contributed by atoms with Crippen LogP contribution in [0.15, 0.2) is 53.0 Å². The van der Waals surface area contributed by atoms with E-state index in [-0.39, 0.29) is 5.91 Å². The summed E-state index contributed by atoms with van der Waals surface area (Å²) < 4.78 is 6.27. The van der Waals surface area contributed by atoms with Crippen LogP contribution in [0.25, 0.3) is 0 Å². The number of benzene rings is 2. The molecule has 0 bridgehead atoms. The molecule has 3 rings (SSSR count). The summed E-state index contributed by atoms with van der Waals surface area (Å²) in [6.07, 6.45) is 2.56. The van der Waals surface area contributed by atoms with Crippen molar-refractivity contribution in [1.29, 1.82) is 0 Å². The summed E-state index contributed by atoms with van der Waals surface area (Å²) in [6.45, 7) is 1.96. The van der Waals surface area contributed by atoms with Gasteiger partial charge < -0.3 is 15.0 Å². The van der Waals surface area contributed by atoms with Gasteiger partial charge in [0, 0.05) is 36.0 Å². The number of methoxy groups -OCH3 is 1. The van der Waals surface area contributed by atoms with Gasteiger partial charge in [-0.15, -0.1) is 0 Å². The Morgan fingerprint density at radius 3 is 2.67 bits per heavy atom. The van der Waals surface area contributed by atoms with Crippen molar-refractivity contribution < 1.29 is 9.53 Å². The Balaban J connectivity index is 1.66. The quantitative estimate of drug-likeness (QED) is 0.847. The first-order chi connectivity index (χ1) is 11.7. The van der Waals surface area contributed by atoms with Gasteiger partial charge in [0.15, 0.2) is 0 Å². The van der Waals surface area contributed by atoms with Crippen molar-refractivity contribution in [3.05, 3.63) is 58.6 Å². The summed E-state index contributed by atoms with van der Waals surface area (Å²) in [5.74, 6) is -0.118. The third-order valence-corrected chi connectivity index (χ3v) is 5.01. The van der Waals surface area contributed by atoms with E-state index in [9.17, 15) is 4.79 Å². The Hall–Kier alpha value is -1.85. The maximum Gasteiger partial charge on any atom is 0.256 e. The minimum Gasteiger partial charge on any atom is -0.380 e. The van der Waals surface area contributed by atoms with Crippen LogP contribution in [0.1, 0.15) is 23.2 Å². The van der Waals surface area contributed by atoms with Gasteiger partial charge in [-0.1, -0.05) is 12.1 Å². The second-order valence-electron chi connectivity index (χ2n) is 5.93. The Morgan fingerprint density at radius 1 is 1.21 bits per heavy atom. The lowest BCUT2D eigenvalue weighted by molar-refractivity contribution is 0.0893. The molecule has 1 aliphatic heterocycles. The van der Waals surface area contributed by atoms with Gasteiger partial charge >= 0.3 is 0 Å². The molecule has 0 aromatic heterocycles. The molecular weight excluding hydrogens is 368 g/mol. The molecule has 5 heteroatoms. The lowest BCUT2D eigenvalue weighted by atomic mass is 10.1. The molecule has 0 radical (unpaired) electrons. The number of hydrogen-bond donors (Lipinski definition) is 1. The van der Waals surface area contributed by atoms with Gasteiger partial charge in [0.2, 0.25) is 0 Å². The first-order valence-corrected chi connectivity index (χ1v) is 8.90. The maximum atomic E-state index is 12.3. The minimum atomic E-state index is -0.118. The average molecular weight is 389 g/mol. The molecule has 126 valence electrons. The first-order valence-electron chi connectivity index (χ1n) is 8.11.